The summed E-state index contributed by atoms with van der Waals surface area (Å²) in [5.41, 5.74) is 3.76. The number of aromatic nitrogens is 3. The van der Waals surface area contributed by atoms with Gasteiger partial charge < -0.3 is 19.9 Å². The van der Waals surface area contributed by atoms with Crippen molar-refractivity contribution in [1.82, 2.24) is 24.2 Å². The average Bonchev–Trinajstić information content (AvgIpc) is 3.42. The second-order valence-electron chi connectivity index (χ2n) is 12.9. The number of fused-ring (bicyclic) bond motifs is 1. The lowest BCUT2D eigenvalue weighted by Crippen LogP contribution is -2.40. The number of hydrogen-bond acceptors (Lipinski definition) is 5. The lowest BCUT2D eigenvalue weighted by molar-refractivity contribution is -0.139. The van der Waals surface area contributed by atoms with Crippen LogP contribution in [0.25, 0.3) is 16.9 Å². The van der Waals surface area contributed by atoms with E-state index in [1.54, 1.807) is 31.3 Å². The summed E-state index contributed by atoms with van der Waals surface area (Å²) in [6.07, 6.45) is -0.512. The number of imidazole rings is 1. The largest absolute Gasteiger partial charge is 0.481 e. The van der Waals surface area contributed by atoms with Crippen LogP contribution in [0.2, 0.25) is 0 Å². The number of alkyl halides is 3. The van der Waals surface area contributed by atoms with Crippen molar-refractivity contribution in [3.63, 3.8) is 0 Å². The number of nitrogens with zero attached hydrogens (tertiary/aromatic N) is 4. The highest BCUT2D eigenvalue weighted by Crippen LogP contribution is 2.34. The number of carbonyl (C=O) groups excluding carboxylic acids is 1. The average molecular weight is 654 g/mol. The Morgan fingerprint density at radius 2 is 1.70 bits per heavy atom. The zero-order chi connectivity index (χ0) is 34.8. The predicted molar refractivity (Wildman–Crippen MR) is 174 cm³/mol. The van der Waals surface area contributed by atoms with Crippen molar-refractivity contribution >= 4 is 17.5 Å². The van der Waals surface area contributed by atoms with Gasteiger partial charge in [-0.15, -0.1) is 0 Å². The molecule has 0 aliphatic carbocycles. The molecule has 2 N–H and O–H groups in total. The van der Waals surface area contributed by atoms with E-state index in [1.807, 2.05) is 51.3 Å². The van der Waals surface area contributed by atoms with E-state index in [4.69, 9.17) is 0 Å². The summed E-state index contributed by atoms with van der Waals surface area (Å²) in [4.78, 5) is 45.6. The number of aliphatic carboxylic acids is 1. The van der Waals surface area contributed by atoms with Crippen molar-refractivity contribution in [3.8, 4) is 11.3 Å². The standard InChI is InChI=1S/C35H42F3N5O4/c1-20(2)12-29(43-19-24(8-10-41(6)7)26(17-31(43)44)35(36,37)38)34(47)40-27(18-32(45)46)25-15-28(42-11-9-39-30(42)16-25)33-22(4)13-21(3)14-23(33)5/h9,11,13-17,19-20,27,29H,8,10,12,18H2,1-7H3,(H,40,47)(H,45,46)/t27-,29-/m1/s1. The summed E-state index contributed by atoms with van der Waals surface area (Å²) >= 11 is 0. The van der Waals surface area contributed by atoms with Crippen molar-refractivity contribution in [2.24, 2.45) is 5.92 Å². The molecule has 0 aliphatic rings. The number of amides is 1. The highest BCUT2D eigenvalue weighted by molar-refractivity contribution is 5.82. The molecule has 3 aromatic heterocycles. The molecule has 4 rings (SSSR count). The Morgan fingerprint density at radius 3 is 2.28 bits per heavy atom. The summed E-state index contributed by atoms with van der Waals surface area (Å²) in [6.45, 7) is 9.95. The zero-order valence-corrected chi connectivity index (χ0v) is 27.8. The van der Waals surface area contributed by atoms with Gasteiger partial charge in [-0.1, -0.05) is 31.5 Å². The molecule has 2 atom stereocenters. The summed E-state index contributed by atoms with van der Waals surface area (Å²) in [7, 11) is 3.46. The van der Waals surface area contributed by atoms with Crippen molar-refractivity contribution in [2.45, 2.75) is 72.1 Å². The first-order valence-electron chi connectivity index (χ1n) is 15.5. The first-order valence-corrected chi connectivity index (χ1v) is 15.5. The number of halogens is 3. The Balaban J connectivity index is 1.82. The van der Waals surface area contributed by atoms with Crippen LogP contribution >= 0.6 is 0 Å². The number of pyridine rings is 2. The van der Waals surface area contributed by atoms with E-state index >= 15 is 0 Å². The molecule has 0 unspecified atom stereocenters. The highest BCUT2D eigenvalue weighted by Gasteiger charge is 2.36. The number of likely N-dealkylation sites (N-methyl/N-ethyl adjacent to an activating group) is 1. The molecular weight excluding hydrogens is 611 g/mol. The van der Waals surface area contributed by atoms with Crippen LogP contribution in [0.5, 0.6) is 0 Å². The van der Waals surface area contributed by atoms with Crippen molar-refractivity contribution in [2.75, 3.05) is 20.6 Å². The number of benzene rings is 1. The fourth-order valence-corrected chi connectivity index (χ4v) is 6.15. The summed E-state index contributed by atoms with van der Waals surface area (Å²) in [6, 6.07) is 5.98. The minimum Gasteiger partial charge on any atom is -0.481 e. The van der Waals surface area contributed by atoms with E-state index < -0.39 is 47.7 Å². The second-order valence-corrected chi connectivity index (χ2v) is 12.9. The molecule has 0 bridgehead atoms. The Hall–Kier alpha value is -4.45. The van der Waals surface area contributed by atoms with E-state index in [0.29, 0.717) is 23.8 Å². The third kappa shape index (κ3) is 8.29. The number of hydrogen-bond donors (Lipinski definition) is 2. The maximum absolute atomic E-state index is 14.1. The number of nitrogens with one attached hydrogen (secondary N) is 1. The smallest absolute Gasteiger partial charge is 0.416 e. The normalized spacial score (nSPS) is 13.4. The summed E-state index contributed by atoms with van der Waals surface area (Å²) in [5.74, 6) is -1.96. The van der Waals surface area contributed by atoms with E-state index in [1.165, 1.54) is 0 Å². The van der Waals surface area contributed by atoms with Crippen LogP contribution in [0.1, 0.15) is 72.2 Å². The number of carboxylic acid groups (broad SMARTS) is 1. The predicted octanol–water partition coefficient (Wildman–Crippen LogP) is 6.13. The van der Waals surface area contributed by atoms with Gasteiger partial charge in [0.1, 0.15) is 11.7 Å². The van der Waals surface area contributed by atoms with Gasteiger partial charge in [0.05, 0.1) is 23.7 Å². The first kappa shape index (κ1) is 35.4. The van der Waals surface area contributed by atoms with Gasteiger partial charge in [-0.25, -0.2) is 4.98 Å². The lowest BCUT2D eigenvalue weighted by Gasteiger charge is -2.26. The maximum Gasteiger partial charge on any atom is 0.416 e. The molecule has 0 aliphatic heterocycles. The molecule has 3 heterocycles. The Morgan fingerprint density at radius 1 is 1.04 bits per heavy atom. The Labute approximate surface area is 272 Å². The quantitative estimate of drug-likeness (QED) is 0.191. The molecule has 47 heavy (non-hydrogen) atoms. The van der Waals surface area contributed by atoms with Crippen LogP contribution in [-0.2, 0) is 22.2 Å². The van der Waals surface area contributed by atoms with Gasteiger partial charge in [-0.3, -0.25) is 18.8 Å². The van der Waals surface area contributed by atoms with Crippen LogP contribution in [0.4, 0.5) is 13.2 Å². The number of carboxylic acids is 1. The van der Waals surface area contributed by atoms with Crippen LogP contribution in [0.15, 0.2) is 53.7 Å². The van der Waals surface area contributed by atoms with Gasteiger partial charge in [0.25, 0.3) is 5.56 Å². The third-order valence-electron chi connectivity index (χ3n) is 8.19. The molecular formula is C35H42F3N5O4. The molecule has 1 aromatic carbocycles. The van der Waals surface area contributed by atoms with E-state index in [-0.39, 0.29) is 24.3 Å². The molecule has 252 valence electrons. The summed E-state index contributed by atoms with van der Waals surface area (Å²) < 4.78 is 44.8. The van der Waals surface area contributed by atoms with Gasteiger partial charge in [0.2, 0.25) is 5.91 Å². The molecule has 4 aromatic rings. The highest BCUT2D eigenvalue weighted by atomic mass is 19.4. The second kappa shape index (κ2) is 14.1. The van der Waals surface area contributed by atoms with Gasteiger partial charge in [-0.2, -0.15) is 13.2 Å². The first-order chi connectivity index (χ1) is 22.0. The van der Waals surface area contributed by atoms with Crippen molar-refractivity contribution < 1.29 is 27.9 Å². The monoisotopic (exact) mass is 653 g/mol. The van der Waals surface area contributed by atoms with Crippen LogP contribution < -0.4 is 10.9 Å². The maximum atomic E-state index is 14.1. The topological polar surface area (TPSA) is 109 Å². The number of aryl methyl sites for hydroxylation is 3. The Bertz CT molecular complexity index is 1820. The molecule has 1 amide bonds. The molecule has 0 saturated carbocycles. The van der Waals surface area contributed by atoms with Gasteiger partial charge in [0, 0.05) is 36.8 Å². The molecule has 0 saturated heterocycles. The minimum atomic E-state index is -4.75. The minimum absolute atomic E-state index is 0.00469. The fraction of sp³-hybridized carbons (Fsp3) is 0.429. The molecule has 0 fully saturated rings. The molecule has 0 spiro atoms. The lowest BCUT2D eigenvalue weighted by atomic mass is 9.94. The van der Waals surface area contributed by atoms with Gasteiger partial charge in [0.15, 0.2) is 0 Å². The van der Waals surface area contributed by atoms with Gasteiger partial charge in [-0.05, 0) is 88.0 Å². The van der Waals surface area contributed by atoms with E-state index in [9.17, 15) is 32.7 Å². The van der Waals surface area contributed by atoms with Crippen molar-refractivity contribution in [3.05, 3.63) is 92.7 Å². The van der Waals surface area contributed by atoms with E-state index in [2.05, 4.69) is 22.4 Å². The third-order valence-corrected chi connectivity index (χ3v) is 8.19. The van der Waals surface area contributed by atoms with Crippen molar-refractivity contribution in [1.29, 1.82) is 0 Å². The fourth-order valence-electron chi connectivity index (χ4n) is 6.15. The molecule has 12 heteroatoms. The number of rotatable bonds is 12. The summed E-state index contributed by atoms with van der Waals surface area (Å²) in [5, 5.41) is 12.7. The van der Waals surface area contributed by atoms with Crippen LogP contribution in [0.3, 0.4) is 0 Å². The Kier molecular flexibility index (Phi) is 10.6. The van der Waals surface area contributed by atoms with Gasteiger partial charge >= 0.3 is 12.1 Å². The van der Waals surface area contributed by atoms with E-state index in [0.717, 1.165) is 38.7 Å². The van der Waals surface area contributed by atoms with Crippen LogP contribution in [-0.4, -0.2) is 56.5 Å². The zero-order valence-electron chi connectivity index (χ0n) is 27.8. The number of carbonyl (C=O) groups is 2. The van der Waals surface area contributed by atoms with Crippen LogP contribution in [0, 0.1) is 26.7 Å². The molecule has 9 nitrogen and oxygen atoms in total. The SMILES string of the molecule is Cc1cc(C)c(-c2cc([C@@H](CC(=O)O)NC(=O)[C@@H](CC(C)C)n3cc(CCN(C)C)c(C(F)(F)F)cc3=O)cc3nccn23)c(C)c1. The molecule has 0 radical (unpaired) electrons.